The van der Waals surface area contributed by atoms with E-state index >= 15 is 0 Å². The molecule has 0 saturated carbocycles. The second-order valence-corrected chi connectivity index (χ2v) is 3.70. The Labute approximate surface area is 90.2 Å². The fraction of sp³-hybridized carbons (Fsp3) is 0.800. The monoisotopic (exact) mass is 211 g/mol. The third-order valence-corrected chi connectivity index (χ3v) is 2.63. The molecule has 5 nitrogen and oxygen atoms in total. The third-order valence-electron chi connectivity index (χ3n) is 2.63. The average molecular weight is 211 g/mol. The van der Waals surface area contributed by atoms with Crippen molar-refractivity contribution in [2.24, 2.45) is 0 Å². The van der Waals surface area contributed by atoms with Gasteiger partial charge in [0.2, 0.25) is 0 Å². The highest BCUT2D eigenvalue weighted by molar-refractivity contribution is 5.74. The molecule has 1 atom stereocenters. The molecule has 84 valence electrons. The Morgan fingerprint density at radius 2 is 2.20 bits per heavy atom. The van der Waals surface area contributed by atoms with E-state index in [0.29, 0.717) is 32.7 Å². The van der Waals surface area contributed by atoms with Crippen molar-refractivity contribution < 1.29 is 9.53 Å². The molecule has 1 aliphatic heterocycles. The van der Waals surface area contributed by atoms with Gasteiger partial charge in [-0.25, -0.2) is 4.79 Å². The minimum atomic E-state index is -0.0367. The quantitative estimate of drug-likeness (QED) is 0.674. The molecule has 15 heavy (non-hydrogen) atoms. The Balaban J connectivity index is 2.47. The van der Waals surface area contributed by atoms with Crippen LogP contribution in [-0.4, -0.2) is 55.2 Å². The van der Waals surface area contributed by atoms with Crippen molar-refractivity contribution in [3.05, 3.63) is 0 Å². The molecular weight excluding hydrogens is 194 g/mol. The fourth-order valence-electron chi connectivity index (χ4n) is 1.44. The zero-order valence-electron chi connectivity index (χ0n) is 9.27. The molecular formula is C10H17N3O2. The first-order chi connectivity index (χ1) is 7.16. The molecule has 1 aliphatic rings. The van der Waals surface area contributed by atoms with Crippen molar-refractivity contribution in [2.45, 2.75) is 19.4 Å². The molecule has 0 aromatic carbocycles. The molecule has 1 rings (SSSR count). The van der Waals surface area contributed by atoms with Crippen molar-refractivity contribution in [2.75, 3.05) is 33.4 Å². The number of nitrogens with zero attached hydrogens (tertiary/aromatic N) is 3. The Bertz CT molecular complexity index is 256. The van der Waals surface area contributed by atoms with Crippen LogP contribution in [0.5, 0.6) is 0 Å². The number of carbonyl (C=O) groups is 1. The van der Waals surface area contributed by atoms with Crippen molar-refractivity contribution in [1.82, 2.24) is 9.80 Å². The smallest absolute Gasteiger partial charge is 0.320 e. The van der Waals surface area contributed by atoms with Crippen molar-refractivity contribution in [3.8, 4) is 6.07 Å². The predicted octanol–water partition coefficient (Wildman–Crippen LogP) is 0.673. The van der Waals surface area contributed by atoms with Crippen molar-refractivity contribution in [1.29, 1.82) is 5.26 Å². The second kappa shape index (κ2) is 5.56. The van der Waals surface area contributed by atoms with Gasteiger partial charge >= 0.3 is 6.03 Å². The fourth-order valence-corrected chi connectivity index (χ4v) is 1.44. The molecule has 1 fully saturated rings. The number of urea groups is 1. The van der Waals surface area contributed by atoms with Gasteiger partial charge in [0.1, 0.15) is 0 Å². The van der Waals surface area contributed by atoms with Crippen LogP contribution in [-0.2, 0) is 4.74 Å². The molecule has 0 radical (unpaired) electrons. The molecule has 2 amide bonds. The van der Waals surface area contributed by atoms with E-state index in [9.17, 15) is 4.79 Å². The molecule has 1 unspecified atom stereocenters. The predicted molar refractivity (Wildman–Crippen MR) is 55.2 cm³/mol. The molecule has 0 spiro atoms. The number of ether oxygens (including phenoxy) is 1. The maximum atomic E-state index is 11.9. The average Bonchev–Trinajstić information content (AvgIpc) is 2.28. The van der Waals surface area contributed by atoms with Crippen molar-refractivity contribution in [3.63, 3.8) is 0 Å². The Morgan fingerprint density at radius 1 is 1.60 bits per heavy atom. The SMILES string of the molecule is CC(CC#N)N(C)C(=O)N1CCOCC1. The Hall–Kier alpha value is -1.28. The first-order valence-corrected chi connectivity index (χ1v) is 5.13. The topological polar surface area (TPSA) is 56.6 Å². The number of nitriles is 1. The Kier molecular flexibility index (Phi) is 4.37. The molecule has 0 N–H and O–H groups in total. The van der Waals surface area contributed by atoms with Gasteiger partial charge in [-0.05, 0) is 6.92 Å². The molecule has 1 heterocycles. The lowest BCUT2D eigenvalue weighted by molar-refractivity contribution is 0.0428. The first-order valence-electron chi connectivity index (χ1n) is 5.13. The highest BCUT2D eigenvalue weighted by Crippen LogP contribution is 2.07. The number of hydrogen-bond acceptors (Lipinski definition) is 3. The molecule has 5 heteroatoms. The van der Waals surface area contributed by atoms with Crippen LogP contribution in [0, 0.1) is 11.3 Å². The summed E-state index contributed by atoms with van der Waals surface area (Å²) in [4.78, 5) is 15.3. The standard InChI is InChI=1S/C10H17N3O2/c1-9(3-4-11)12(2)10(14)13-5-7-15-8-6-13/h9H,3,5-8H2,1-2H3. The highest BCUT2D eigenvalue weighted by atomic mass is 16.5. The molecule has 0 bridgehead atoms. The van der Waals surface area contributed by atoms with Gasteiger partial charge in [-0.1, -0.05) is 0 Å². The number of amides is 2. The Morgan fingerprint density at radius 3 is 2.73 bits per heavy atom. The van der Waals surface area contributed by atoms with Gasteiger partial charge in [0.05, 0.1) is 25.7 Å². The van der Waals surface area contributed by atoms with Crippen LogP contribution in [0.1, 0.15) is 13.3 Å². The summed E-state index contributed by atoms with van der Waals surface area (Å²) in [5.41, 5.74) is 0. The zero-order valence-corrected chi connectivity index (χ0v) is 9.27. The van der Waals surface area contributed by atoms with E-state index in [4.69, 9.17) is 10.00 Å². The lowest BCUT2D eigenvalue weighted by Crippen LogP contribution is -2.49. The van der Waals surface area contributed by atoms with Crippen molar-refractivity contribution >= 4 is 6.03 Å². The number of rotatable bonds is 2. The number of hydrogen-bond donors (Lipinski definition) is 0. The van der Waals surface area contributed by atoms with Gasteiger partial charge in [0.15, 0.2) is 0 Å². The lowest BCUT2D eigenvalue weighted by atomic mass is 10.2. The summed E-state index contributed by atoms with van der Waals surface area (Å²) in [6, 6.07) is 2.02. The summed E-state index contributed by atoms with van der Waals surface area (Å²) in [5.74, 6) is 0. The number of carbonyl (C=O) groups excluding carboxylic acids is 1. The molecule has 0 aromatic rings. The summed E-state index contributed by atoms with van der Waals surface area (Å²) in [6.07, 6.45) is 0.368. The third kappa shape index (κ3) is 3.10. The maximum Gasteiger partial charge on any atom is 0.320 e. The maximum absolute atomic E-state index is 11.9. The van der Waals surface area contributed by atoms with E-state index in [-0.39, 0.29) is 12.1 Å². The van der Waals surface area contributed by atoms with Crippen LogP contribution >= 0.6 is 0 Å². The first kappa shape index (κ1) is 11.8. The summed E-state index contributed by atoms with van der Waals surface area (Å²) < 4.78 is 5.17. The van der Waals surface area contributed by atoms with E-state index < -0.39 is 0 Å². The van der Waals surface area contributed by atoms with Crippen LogP contribution < -0.4 is 0 Å². The van der Waals surface area contributed by atoms with Crippen LogP contribution in [0.2, 0.25) is 0 Å². The lowest BCUT2D eigenvalue weighted by Gasteiger charge is -2.33. The summed E-state index contributed by atoms with van der Waals surface area (Å²) in [5, 5.41) is 8.56. The van der Waals surface area contributed by atoms with E-state index in [1.807, 2.05) is 6.92 Å². The summed E-state index contributed by atoms with van der Waals surface area (Å²) >= 11 is 0. The van der Waals surface area contributed by atoms with Gasteiger partial charge in [-0.3, -0.25) is 0 Å². The highest BCUT2D eigenvalue weighted by Gasteiger charge is 2.23. The van der Waals surface area contributed by atoms with Gasteiger partial charge < -0.3 is 14.5 Å². The second-order valence-electron chi connectivity index (χ2n) is 3.70. The van der Waals surface area contributed by atoms with Crippen LogP contribution in [0.25, 0.3) is 0 Å². The van der Waals surface area contributed by atoms with Crippen LogP contribution in [0.3, 0.4) is 0 Å². The van der Waals surface area contributed by atoms with Crippen LogP contribution in [0.15, 0.2) is 0 Å². The minimum Gasteiger partial charge on any atom is -0.378 e. The molecule has 1 saturated heterocycles. The van der Waals surface area contributed by atoms with E-state index in [0.717, 1.165) is 0 Å². The van der Waals surface area contributed by atoms with Gasteiger partial charge in [-0.2, -0.15) is 5.26 Å². The zero-order chi connectivity index (χ0) is 11.3. The van der Waals surface area contributed by atoms with Gasteiger partial charge in [0.25, 0.3) is 0 Å². The van der Waals surface area contributed by atoms with Gasteiger partial charge in [-0.15, -0.1) is 0 Å². The molecule has 0 aromatic heterocycles. The summed E-state index contributed by atoms with van der Waals surface area (Å²) in [7, 11) is 1.74. The van der Waals surface area contributed by atoms with Crippen LogP contribution in [0.4, 0.5) is 4.79 Å². The van der Waals surface area contributed by atoms with E-state index in [2.05, 4.69) is 6.07 Å². The van der Waals surface area contributed by atoms with E-state index in [1.54, 1.807) is 16.8 Å². The number of morpholine rings is 1. The minimum absolute atomic E-state index is 0.0129. The largest absolute Gasteiger partial charge is 0.378 e. The summed E-state index contributed by atoms with van der Waals surface area (Å²) in [6.45, 7) is 4.37. The normalized spacial score (nSPS) is 18.1. The molecule has 0 aliphatic carbocycles. The van der Waals surface area contributed by atoms with Gasteiger partial charge in [0, 0.05) is 26.2 Å². The van der Waals surface area contributed by atoms with E-state index in [1.165, 1.54) is 0 Å².